The summed E-state index contributed by atoms with van der Waals surface area (Å²) in [7, 11) is -3.81. The van der Waals surface area contributed by atoms with Gasteiger partial charge in [-0.25, -0.2) is 12.8 Å². The molecule has 1 heterocycles. The molecule has 102 valence electrons. The third-order valence-corrected chi connectivity index (χ3v) is 4.68. The van der Waals surface area contributed by atoms with Crippen molar-refractivity contribution in [1.29, 1.82) is 0 Å². The Morgan fingerprint density at radius 2 is 2.00 bits per heavy atom. The van der Waals surface area contributed by atoms with Crippen molar-refractivity contribution in [3.05, 3.63) is 35.0 Å². The topological polar surface area (TPSA) is 71.4 Å². The van der Waals surface area contributed by atoms with Crippen LogP contribution in [0.5, 0.6) is 0 Å². The van der Waals surface area contributed by atoms with Gasteiger partial charge in [-0.05, 0) is 31.9 Å². The van der Waals surface area contributed by atoms with Crippen molar-refractivity contribution >= 4 is 21.4 Å². The maximum absolute atomic E-state index is 13.6. The number of hydrogen-bond acceptors (Lipinski definition) is 3. The summed E-state index contributed by atoms with van der Waals surface area (Å²) < 4.78 is 37.4. The Hall–Kier alpha value is -1.69. The Balaban J connectivity index is 2.53. The van der Waals surface area contributed by atoms with Crippen LogP contribution in [0.15, 0.2) is 28.5 Å². The molecule has 1 aromatic rings. The van der Waals surface area contributed by atoms with Crippen LogP contribution in [0, 0.1) is 11.2 Å². The molecule has 0 spiro atoms. The Labute approximate surface area is 110 Å². The molecule has 0 bridgehead atoms. The lowest BCUT2D eigenvalue weighted by Gasteiger charge is -2.19. The molecule has 1 aliphatic heterocycles. The Morgan fingerprint density at radius 3 is 2.58 bits per heavy atom. The third kappa shape index (κ3) is 2.28. The van der Waals surface area contributed by atoms with E-state index in [2.05, 4.69) is 0 Å². The highest BCUT2D eigenvalue weighted by Crippen LogP contribution is 2.41. The van der Waals surface area contributed by atoms with Gasteiger partial charge in [-0.2, -0.15) is 0 Å². The van der Waals surface area contributed by atoms with E-state index in [1.165, 1.54) is 26.0 Å². The van der Waals surface area contributed by atoms with E-state index in [0.717, 1.165) is 11.5 Å². The van der Waals surface area contributed by atoms with E-state index in [9.17, 15) is 17.6 Å². The number of aliphatic carboxylic acids is 1. The minimum absolute atomic E-state index is 0.0258. The SMILES string of the molecule is CC(C)(CC1=CS(=O)(=O)c2c(F)cccc21)C(=O)O. The molecular weight excluding hydrogens is 271 g/mol. The molecule has 0 saturated carbocycles. The molecule has 1 N–H and O–H groups in total. The van der Waals surface area contributed by atoms with Crippen LogP contribution in [-0.4, -0.2) is 19.5 Å². The van der Waals surface area contributed by atoms with Crippen LogP contribution in [0.1, 0.15) is 25.8 Å². The van der Waals surface area contributed by atoms with Crippen molar-refractivity contribution in [3.63, 3.8) is 0 Å². The largest absolute Gasteiger partial charge is 0.481 e. The van der Waals surface area contributed by atoms with Crippen LogP contribution < -0.4 is 0 Å². The normalized spacial score (nSPS) is 16.9. The number of sulfone groups is 1. The summed E-state index contributed by atoms with van der Waals surface area (Å²) in [6.45, 7) is 3.00. The maximum Gasteiger partial charge on any atom is 0.309 e. The van der Waals surface area contributed by atoms with Gasteiger partial charge in [0.2, 0.25) is 9.84 Å². The zero-order valence-electron chi connectivity index (χ0n) is 10.5. The monoisotopic (exact) mass is 284 g/mol. The standard InChI is InChI=1S/C13H13FO4S/c1-13(2,12(15)16)6-8-7-19(17,18)11-9(8)4-3-5-10(11)14/h3-5,7H,6H2,1-2H3,(H,15,16). The lowest BCUT2D eigenvalue weighted by atomic mass is 9.84. The molecule has 19 heavy (non-hydrogen) atoms. The molecule has 2 rings (SSSR count). The first kappa shape index (κ1) is 13.7. The number of allylic oxidation sites excluding steroid dienone is 1. The molecule has 0 aromatic heterocycles. The van der Waals surface area contributed by atoms with E-state index in [1.54, 1.807) is 0 Å². The predicted molar refractivity (Wildman–Crippen MR) is 67.6 cm³/mol. The van der Waals surface area contributed by atoms with Gasteiger partial charge in [0.25, 0.3) is 0 Å². The van der Waals surface area contributed by atoms with Gasteiger partial charge in [0, 0.05) is 11.0 Å². The number of fused-ring (bicyclic) bond motifs is 1. The van der Waals surface area contributed by atoms with Crippen molar-refractivity contribution in [1.82, 2.24) is 0 Å². The molecular formula is C13H13FO4S. The lowest BCUT2D eigenvalue weighted by Crippen LogP contribution is -2.23. The van der Waals surface area contributed by atoms with Gasteiger partial charge >= 0.3 is 5.97 Å². The minimum atomic E-state index is -3.81. The highest BCUT2D eigenvalue weighted by atomic mass is 32.2. The van der Waals surface area contributed by atoms with E-state index in [0.29, 0.717) is 5.57 Å². The van der Waals surface area contributed by atoms with Crippen LogP contribution in [0.2, 0.25) is 0 Å². The third-order valence-electron chi connectivity index (χ3n) is 3.11. The number of carbonyl (C=O) groups is 1. The van der Waals surface area contributed by atoms with Gasteiger partial charge in [0.15, 0.2) is 0 Å². The summed E-state index contributed by atoms with van der Waals surface area (Å²) in [6, 6.07) is 3.98. The molecule has 0 aliphatic carbocycles. The second kappa shape index (κ2) is 4.16. The fourth-order valence-corrected chi connectivity index (χ4v) is 3.60. The molecule has 0 radical (unpaired) electrons. The quantitative estimate of drug-likeness (QED) is 0.925. The number of benzene rings is 1. The number of carboxylic acids is 1. The lowest BCUT2D eigenvalue weighted by molar-refractivity contribution is -0.146. The molecule has 0 atom stereocenters. The highest BCUT2D eigenvalue weighted by Gasteiger charge is 2.35. The first-order valence-corrected chi connectivity index (χ1v) is 7.18. The minimum Gasteiger partial charge on any atom is -0.481 e. The van der Waals surface area contributed by atoms with E-state index in [4.69, 9.17) is 5.11 Å². The van der Waals surface area contributed by atoms with Crippen molar-refractivity contribution in [2.75, 3.05) is 0 Å². The Morgan fingerprint density at radius 1 is 1.37 bits per heavy atom. The highest BCUT2D eigenvalue weighted by molar-refractivity contribution is 7.95. The van der Waals surface area contributed by atoms with Gasteiger partial charge in [0.05, 0.1) is 5.41 Å². The van der Waals surface area contributed by atoms with Crippen LogP contribution in [-0.2, 0) is 14.6 Å². The molecule has 1 aliphatic rings. The van der Waals surface area contributed by atoms with Gasteiger partial charge < -0.3 is 5.11 Å². The van der Waals surface area contributed by atoms with Crippen molar-refractivity contribution in [3.8, 4) is 0 Å². The number of halogens is 1. The molecule has 0 amide bonds. The predicted octanol–water partition coefficient (Wildman–Crippen LogP) is 2.45. The fourth-order valence-electron chi connectivity index (χ4n) is 2.05. The van der Waals surface area contributed by atoms with Gasteiger partial charge in [-0.1, -0.05) is 12.1 Å². The summed E-state index contributed by atoms with van der Waals surface area (Å²) in [4.78, 5) is 10.7. The summed E-state index contributed by atoms with van der Waals surface area (Å²) >= 11 is 0. The molecule has 4 nitrogen and oxygen atoms in total. The first-order chi connectivity index (χ1) is 8.65. The summed E-state index contributed by atoms with van der Waals surface area (Å²) in [5.41, 5.74) is -0.522. The van der Waals surface area contributed by atoms with Crippen LogP contribution >= 0.6 is 0 Å². The van der Waals surface area contributed by atoms with E-state index >= 15 is 0 Å². The fraction of sp³-hybridized carbons (Fsp3) is 0.308. The van der Waals surface area contributed by atoms with Gasteiger partial charge in [-0.15, -0.1) is 0 Å². The number of carboxylic acid groups (broad SMARTS) is 1. The average Bonchev–Trinajstić information content (AvgIpc) is 2.50. The van der Waals surface area contributed by atoms with Crippen LogP contribution in [0.4, 0.5) is 4.39 Å². The second-order valence-corrected chi connectivity index (χ2v) is 6.90. The van der Waals surface area contributed by atoms with Crippen molar-refractivity contribution in [2.24, 2.45) is 5.41 Å². The van der Waals surface area contributed by atoms with Crippen molar-refractivity contribution < 1.29 is 22.7 Å². The molecule has 0 saturated heterocycles. The average molecular weight is 284 g/mol. The number of rotatable bonds is 3. The first-order valence-electron chi connectivity index (χ1n) is 5.63. The van der Waals surface area contributed by atoms with Gasteiger partial charge in [-0.3, -0.25) is 4.79 Å². The summed E-state index contributed by atoms with van der Waals surface area (Å²) in [5, 5.41) is 10.0. The maximum atomic E-state index is 13.6. The molecule has 0 unspecified atom stereocenters. The molecule has 0 fully saturated rings. The summed E-state index contributed by atoms with van der Waals surface area (Å²) in [6.07, 6.45) is 0.0258. The van der Waals surface area contributed by atoms with Gasteiger partial charge in [0.1, 0.15) is 10.7 Å². The summed E-state index contributed by atoms with van der Waals surface area (Å²) in [5.74, 6) is -1.84. The molecule has 1 aromatic carbocycles. The van der Waals surface area contributed by atoms with E-state index in [1.807, 2.05) is 0 Å². The van der Waals surface area contributed by atoms with Crippen molar-refractivity contribution in [2.45, 2.75) is 25.2 Å². The number of hydrogen-bond donors (Lipinski definition) is 1. The van der Waals surface area contributed by atoms with Crippen LogP contribution in [0.3, 0.4) is 0 Å². The van der Waals surface area contributed by atoms with E-state index in [-0.39, 0.29) is 16.9 Å². The molecule has 6 heteroatoms. The Kier molecular flexibility index (Phi) is 3.01. The van der Waals surface area contributed by atoms with Crippen LogP contribution in [0.25, 0.3) is 5.57 Å². The van der Waals surface area contributed by atoms with E-state index < -0.39 is 27.0 Å². The second-order valence-electron chi connectivity index (χ2n) is 5.17. The zero-order chi connectivity index (χ0) is 14.4. The zero-order valence-corrected chi connectivity index (χ0v) is 11.3. The Bertz CT molecular complexity index is 687. The smallest absolute Gasteiger partial charge is 0.309 e.